The number of hydrogen-bond donors (Lipinski definition) is 1. The second-order valence-corrected chi connectivity index (χ2v) is 7.54. The van der Waals surface area contributed by atoms with E-state index in [2.05, 4.69) is 33.4 Å². The Labute approximate surface area is 173 Å². The van der Waals surface area contributed by atoms with Crippen LogP contribution in [0.3, 0.4) is 0 Å². The second-order valence-electron chi connectivity index (χ2n) is 6.63. The number of amides is 1. The Morgan fingerprint density at radius 3 is 2.75 bits per heavy atom. The summed E-state index contributed by atoms with van der Waals surface area (Å²) in [6.07, 6.45) is 6.23. The first-order valence-corrected chi connectivity index (χ1v) is 9.80. The van der Waals surface area contributed by atoms with Crippen LogP contribution in [0.4, 0.5) is 0 Å². The average Bonchev–Trinajstić information content (AvgIpc) is 2.67. The molecule has 2 aromatic rings. The third-order valence-corrected chi connectivity index (χ3v) is 5.35. The number of halogens is 1. The van der Waals surface area contributed by atoms with Crippen LogP contribution in [0.2, 0.25) is 0 Å². The summed E-state index contributed by atoms with van der Waals surface area (Å²) in [5.74, 6) is 0.875. The predicted octanol–water partition coefficient (Wildman–Crippen LogP) is 4.57. The van der Waals surface area contributed by atoms with Crippen molar-refractivity contribution in [3.8, 4) is 17.6 Å². The van der Waals surface area contributed by atoms with Crippen molar-refractivity contribution >= 4 is 27.9 Å². The van der Waals surface area contributed by atoms with Crippen molar-refractivity contribution in [3.05, 3.63) is 64.1 Å². The molecule has 144 valence electrons. The molecule has 1 amide bonds. The van der Waals surface area contributed by atoms with E-state index < -0.39 is 0 Å². The summed E-state index contributed by atoms with van der Waals surface area (Å²) in [6, 6.07) is 15.3. The molecule has 0 heterocycles. The Morgan fingerprint density at radius 1 is 1.29 bits per heavy atom. The zero-order chi connectivity index (χ0) is 20.0. The number of methoxy groups -OCH3 is 1. The summed E-state index contributed by atoms with van der Waals surface area (Å²) < 4.78 is 11.6. The van der Waals surface area contributed by atoms with Crippen molar-refractivity contribution in [2.75, 3.05) is 13.7 Å². The highest BCUT2D eigenvalue weighted by Gasteiger charge is 2.39. The van der Waals surface area contributed by atoms with Crippen molar-refractivity contribution in [3.63, 3.8) is 0 Å². The van der Waals surface area contributed by atoms with Crippen molar-refractivity contribution < 1.29 is 14.3 Å². The van der Waals surface area contributed by atoms with Gasteiger partial charge in [0.15, 0.2) is 18.1 Å². The van der Waals surface area contributed by atoms with Gasteiger partial charge in [-0.1, -0.05) is 34.1 Å². The second kappa shape index (κ2) is 8.94. The molecule has 28 heavy (non-hydrogen) atoms. The van der Waals surface area contributed by atoms with Gasteiger partial charge in [0.05, 0.1) is 12.6 Å². The van der Waals surface area contributed by atoms with E-state index >= 15 is 0 Å². The van der Waals surface area contributed by atoms with Gasteiger partial charge in [0, 0.05) is 10.5 Å². The minimum atomic E-state index is -0.294. The van der Waals surface area contributed by atoms with Gasteiger partial charge < -0.3 is 14.8 Å². The van der Waals surface area contributed by atoms with Crippen LogP contribution in [-0.2, 0) is 10.3 Å². The molecule has 0 bridgehead atoms. The summed E-state index contributed by atoms with van der Waals surface area (Å²) in [5.41, 5.74) is 1.63. The van der Waals surface area contributed by atoms with Crippen LogP contribution in [0, 0.1) is 11.3 Å². The topological polar surface area (TPSA) is 71.3 Å². The van der Waals surface area contributed by atoms with Gasteiger partial charge in [0.25, 0.3) is 0 Å². The Bertz CT molecular complexity index is 930. The lowest BCUT2D eigenvalue weighted by atomic mass is 9.72. The largest absolute Gasteiger partial charge is 0.493 e. The van der Waals surface area contributed by atoms with Crippen LogP contribution in [-0.4, -0.2) is 19.6 Å². The summed E-state index contributed by atoms with van der Waals surface area (Å²) in [7, 11) is 1.53. The van der Waals surface area contributed by atoms with Crippen LogP contribution < -0.4 is 14.8 Å². The van der Waals surface area contributed by atoms with Gasteiger partial charge in [0.1, 0.15) is 6.07 Å². The highest BCUT2D eigenvalue weighted by molar-refractivity contribution is 9.10. The molecule has 6 heteroatoms. The van der Waals surface area contributed by atoms with E-state index in [1.54, 1.807) is 18.2 Å². The van der Waals surface area contributed by atoms with Crippen molar-refractivity contribution in [2.24, 2.45) is 0 Å². The summed E-state index contributed by atoms with van der Waals surface area (Å²) in [4.78, 5) is 12.5. The molecule has 0 saturated heterocycles. The van der Waals surface area contributed by atoms with Crippen LogP contribution >= 0.6 is 15.9 Å². The summed E-state index contributed by atoms with van der Waals surface area (Å²) >= 11 is 3.50. The number of nitrogens with zero attached hydrogens (tertiary/aromatic N) is 1. The smallest absolute Gasteiger partial charge is 0.244 e. The molecule has 2 aromatic carbocycles. The molecule has 0 radical (unpaired) electrons. The first kappa shape index (κ1) is 20.0. The van der Waals surface area contributed by atoms with Crippen LogP contribution in [0.15, 0.2) is 53.0 Å². The van der Waals surface area contributed by atoms with Crippen molar-refractivity contribution in [2.45, 2.75) is 24.8 Å². The fraction of sp³-hybridized carbons (Fsp3) is 0.273. The fourth-order valence-corrected chi connectivity index (χ4v) is 3.67. The SMILES string of the molecule is COc1cc(/C=C/C(=O)NC2(c3cccc(Br)c3)CCC2)ccc1OCC#N. The van der Waals surface area contributed by atoms with Crippen LogP contribution in [0.5, 0.6) is 11.5 Å². The lowest BCUT2D eigenvalue weighted by Crippen LogP contribution is -2.50. The van der Waals surface area contributed by atoms with E-state index in [0.29, 0.717) is 11.5 Å². The van der Waals surface area contributed by atoms with Gasteiger partial charge in [0.2, 0.25) is 5.91 Å². The maximum atomic E-state index is 12.5. The Balaban J connectivity index is 1.70. The molecule has 1 fully saturated rings. The number of hydrogen-bond acceptors (Lipinski definition) is 4. The molecule has 0 aromatic heterocycles. The minimum Gasteiger partial charge on any atom is -0.493 e. The van der Waals surface area contributed by atoms with Gasteiger partial charge in [-0.2, -0.15) is 5.26 Å². The van der Waals surface area contributed by atoms with Gasteiger partial charge in [-0.15, -0.1) is 0 Å². The molecule has 0 spiro atoms. The lowest BCUT2D eigenvalue weighted by molar-refractivity contribution is -0.119. The first-order valence-electron chi connectivity index (χ1n) is 9.00. The molecule has 1 aliphatic rings. The molecule has 3 rings (SSSR count). The van der Waals surface area contributed by atoms with E-state index in [1.807, 2.05) is 24.3 Å². The maximum Gasteiger partial charge on any atom is 0.244 e. The van der Waals surface area contributed by atoms with E-state index in [-0.39, 0.29) is 18.1 Å². The predicted molar refractivity (Wildman–Crippen MR) is 111 cm³/mol. The Morgan fingerprint density at radius 2 is 2.11 bits per heavy atom. The van der Waals surface area contributed by atoms with Gasteiger partial charge in [-0.25, -0.2) is 0 Å². The van der Waals surface area contributed by atoms with Gasteiger partial charge in [-0.05, 0) is 60.7 Å². The Kier molecular flexibility index (Phi) is 6.37. The molecule has 5 nitrogen and oxygen atoms in total. The molecule has 1 aliphatic carbocycles. The highest BCUT2D eigenvalue weighted by atomic mass is 79.9. The van der Waals surface area contributed by atoms with Gasteiger partial charge >= 0.3 is 0 Å². The van der Waals surface area contributed by atoms with Crippen LogP contribution in [0.1, 0.15) is 30.4 Å². The third-order valence-electron chi connectivity index (χ3n) is 4.85. The highest BCUT2D eigenvalue weighted by Crippen LogP contribution is 2.42. The zero-order valence-corrected chi connectivity index (χ0v) is 17.2. The number of carbonyl (C=O) groups is 1. The molecule has 1 N–H and O–H groups in total. The number of nitriles is 1. The minimum absolute atomic E-state index is 0.0500. The summed E-state index contributed by atoms with van der Waals surface area (Å²) in [6.45, 7) is -0.0500. The van der Waals surface area contributed by atoms with Gasteiger partial charge in [-0.3, -0.25) is 4.79 Å². The number of benzene rings is 2. The number of rotatable bonds is 7. The lowest BCUT2D eigenvalue weighted by Gasteiger charge is -2.43. The van der Waals surface area contributed by atoms with Crippen LogP contribution in [0.25, 0.3) is 6.08 Å². The third kappa shape index (κ3) is 4.55. The Hall–Kier alpha value is -2.78. The van der Waals surface area contributed by atoms with E-state index in [0.717, 1.165) is 34.9 Å². The number of nitrogens with one attached hydrogen (secondary N) is 1. The molecule has 0 atom stereocenters. The molecule has 1 saturated carbocycles. The number of carbonyl (C=O) groups excluding carboxylic acids is 1. The fourth-order valence-electron chi connectivity index (χ4n) is 3.27. The number of ether oxygens (including phenoxy) is 2. The van der Waals surface area contributed by atoms with Crippen molar-refractivity contribution in [1.82, 2.24) is 5.32 Å². The first-order chi connectivity index (χ1) is 13.6. The maximum absolute atomic E-state index is 12.5. The molecule has 0 aliphatic heterocycles. The standard InChI is InChI=1S/C22H21BrN2O3/c1-27-20-14-16(6-8-19(20)28-13-12-24)7-9-21(26)25-22(10-3-11-22)17-4-2-5-18(23)15-17/h2,4-9,14-15H,3,10-11,13H2,1H3,(H,25,26)/b9-7+. The molecule has 0 unspecified atom stereocenters. The molecular weight excluding hydrogens is 420 g/mol. The average molecular weight is 441 g/mol. The van der Waals surface area contributed by atoms with Crippen molar-refractivity contribution in [1.29, 1.82) is 5.26 Å². The van der Waals surface area contributed by atoms with E-state index in [9.17, 15) is 4.79 Å². The quantitative estimate of drug-likeness (QED) is 0.640. The van der Waals surface area contributed by atoms with E-state index in [4.69, 9.17) is 14.7 Å². The zero-order valence-electron chi connectivity index (χ0n) is 15.6. The normalized spacial score (nSPS) is 14.8. The monoisotopic (exact) mass is 440 g/mol. The summed E-state index contributed by atoms with van der Waals surface area (Å²) in [5, 5.41) is 11.8. The van der Waals surface area contributed by atoms with E-state index in [1.165, 1.54) is 13.2 Å². The molecular formula is C22H21BrN2O3.